The number of hydrogen-bond acceptors (Lipinski definition) is 1. The molecule has 1 aliphatic carbocycles. The molecule has 0 saturated heterocycles. The lowest BCUT2D eigenvalue weighted by molar-refractivity contribution is 0.725. The highest BCUT2D eigenvalue weighted by Gasteiger charge is 2.43. The summed E-state index contributed by atoms with van der Waals surface area (Å²) in [7, 11) is 0. The van der Waals surface area contributed by atoms with Crippen molar-refractivity contribution in [3.8, 4) is 39.1 Å². The van der Waals surface area contributed by atoms with E-state index in [0.29, 0.717) is 0 Å². The standard InChI is InChI=1S/C48H34N2/c1-3-12-33(13-4-1)35-22-24-37(25-23-35)38-16-11-17-40(32-38)50-44-21-10-8-19-42(44)48-46(50)31-30-45-47(48)41-18-7-9-20-43(41)49(45)39-28-26-36(27-29-39)34-14-5-2-6-15-34/h1-32,46,48H. The van der Waals surface area contributed by atoms with Crippen LogP contribution < -0.4 is 4.90 Å². The van der Waals surface area contributed by atoms with Crippen molar-refractivity contribution in [2.24, 2.45) is 0 Å². The van der Waals surface area contributed by atoms with Crippen LogP contribution in [0.15, 0.2) is 188 Å². The molecule has 0 bridgehead atoms. The maximum absolute atomic E-state index is 2.56. The van der Waals surface area contributed by atoms with Crippen LogP contribution in [0.3, 0.4) is 0 Å². The summed E-state index contributed by atoms with van der Waals surface area (Å²) in [6, 6.07) is 66.3. The molecule has 2 heteroatoms. The summed E-state index contributed by atoms with van der Waals surface area (Å²) in [5.41, 5.74) is 16.3. The van der Waals surface area contributed by atoms with E-state index in [2.05, 4.69) is 204 Å². The Kier molecular flexibility index (Phi) is 6.67. The van der Waals surface area contributed by atoms with Crippen molar-refractivity contribution in [3.63, 3.8) is 0 Å². The zero-order valence-electron chi connectivity index (χ0n) is 27.5. The number of benzene rings is 7. The quantitative estimate of drug-likeness (QED) is 0.182. The Morgan fingerprint density at radius 3 is 1.70 bits per heavy atom. The van der Waals surface area contributed by atoms with Crippen LogP contribution in [0.25, 0.3) is 56.0 Å². The van der Waals surface area contributed by atoms with E-state index in [9.17, 15) is 0 Å². The number of anilines is 2. The Hall–Kier alpha value is -6.38. The molecule has 0 amide bonds. The normalized spacial score (nSPS) is 15.9. The van der Waals surface area contributed by atoms with E-state index in [1.165, 1.54) is 78.2 Å². The number of para-hydroxylation sites is 2. The van der Waals surface area contributed by atoms with Crippen LogP contribution in [-0.4, -0.2) is 10.6 Å². The largest absolute Gasteiger partial charge is 0.333 e. The van der Waals surface area contributed by atoms with Crippen molar-refractivity contribution in [1.82, 2.24) is 4.57 Å². The van der Waals surface area contributed by atoms with Crippen molar-refractivity contribution in [1.29, 1.82) is 0 Å². The highest BCUT2D eigenvalue weighted by atomic mass is 15.2. The summed E-state index contributed by atoms with van der Waals surface area (Å²) in [5, 5.41) is 1.32. The summed E-state index contributed by atoms with van der Waals surface area (Å²) >= 11 is 0. The zero-order valence-corrected chi connectivity index (χ0v) is 27.5. The summed E-state index contributed by atoms with van der Waals surface area (Å²) in [6.45, 7) is 0. The molecule has 0 saturated carbocycles. The molecule has 0 fully saturated rings. The molecule has 2 heterocycles. The Bertz CT molecular complexity index is 2520. The minimum Gasteiger partial charge on any atom is -0.333 e. The molecule has 2 atom stereocenters. The molecule has 236 valence electrons. The van der Waals surface area contributed by atoms with Crippen molar-refractivity contribution in [2.45, 2.75) is 12.0 Å². The monoisotopic (exact) mass is 638 g/mol. The van der Waals surface area contributed by atoms with Gasteiger partial charge >= 0.3 is 0 Å². The fraction of sp³-hybridized carbons (Fsp3) is 0.0417. The number of rotatable bonds is 5. The molecule has 0 radical (unpaired) electrons. The predicted octanol–water partition coefficient (Wildman–Crippen LogP) is 12.3. The molecule has 0 spiro atoms. The van der Waals surface area contributed by atoms with Crippen molar-refractivity contribution in [3.05, 3.63) is 205 Å². The first-order valence-electron chi connectivity index (χ1n) is 17.4. The van der Waals surface area contributed by atoms with Crippen LogP contribution in [0, 0.1) is 0 Å². The van der Waals surface area contributed by atoms with E-state index in [4.69, 9.17) is 0 Å². The van der Waals surface area contributed by atoms with Gasteiger partial charge < -0.3 is 9.47 Å². The van der Waals surface area contributed by atoms with Gasteiger partial charge in [0.25, 0.3) is 0 Å². The molecule has 0 N–H and O–H groups in total. The third kappa shape index (κ3) is 4.57. The van der Waals surface area contributed by atoms with Crippen LogP contribution in [0.4, 0.5) is 11.4 Å². The number of nitrogens with zero attached hydrogens (tertiary/aromatic N) is 2. The van der Waals surface area contributed by atoms with Gasteiger partial charge in [-0.05, 0) is 87.0 Å². The van der Waals surface area contributed by atoms with Crippen LogP contribution in [0.2, 0.25) is 0 Å². The lowest BCUT2D eigenvalue weighted by atomic mass is 9.82. The van der Waals surface area contributed by atoms with E-state index in [0.717, 1.165) is 0 Å². The van der Waals surface area contributed by atoms with Crippen LogP contribution in [0.5, 0.6) is 0 Å². The topological polar surface area (TPSA) is 8.17 Å². The van der Waals surface area contributed by atoms with E-state index in [1.807, 2.05) is 0 Å². The SMILES string of the molecule is C1=CC2C(c3ccccc3N2c2cccc(-c3ccc(-c4ccccc4)cc3)c2)c2c1n(-c1ccc(-c3ccccc3)cc1)c1ccccc21. The molecule has 2 aliphatic rings. The van der Waals surface area contributed by atoms with Crippen molar-refractivity contribution in [2.75, 3.05) is 4.90 Å². The molecule has 1 aliphatic heterocycles. The molecule has 2 unspecified atom stereocenters. The molecule has 1 aromatic heterocycles. The maximum Gasteiger partial charge on any atom is 0.0637 e. The second-order valence-electron chi connectivity index (χ2n) is 13.3. The molecule has 50 heavy (non-hydrogen) atoms. The number of hydrogen-bond donors (Lipinski definition) is 0. The second-order valence-corrected chi connectivity index (χ2v) is 13.3. The Balaban J connectivity index is 1.06. The maximum atomic E-state index is 2.56. The second kappa shape index (κ2) is 11.6. The van der Waals surface area contributed by atoms with Gasteiger partial charge in [0, 0.05) is 28.4 Å². The van der Waals surface area contributed by atoms with Gasteiger partial charge in [-0.2, -0.15) is 0 Å². The van der Waals surface area contributed by atoms with Crippen LogP contribution in [0.1, 0.15) is 22.7 Å². The first kappa shape index (κ1) is 28.6. The Morgan fingerprint density at radius 2 is 0.980 bits per heavy atom. The molecular weight excluding hydrogens is 605 g/mol. The summed E-state index contributed by atoms with van der Waals surface area (Å²) in [4.78, 5) is 2.56. The van der Waals surface area contributed by atoms with Gasteiger partial charge in [-0.25, -0.2) is 0 Å². The van der Waals surface area contributed by atoms with Gasteiger partial charge in [-0.1, -0.05) is 152 Å². The molecule has 10 rings (SSSR count). The summed E-state index contributed by atoms with van der Waals surface area (Å²) < 4.78 is 2.46. The van der Waals surface area contributed by atoms with Gasteiger partial charge in [-0.3, -0.25) is 0 Å². The number of fused-ring (bicyclic) bond motifs is 7. The smallest absolute Gasteiger partial charge is 0.0637 e. The van der Waals surface area contributed by atoms with Gasteiger partial charge in [0.15, 0.2) is 0 Å². The van der Waals surface area contributed by atoms with Gasteiger partial charge in [-0.15, -0.1) is 0 Å². The van der Waals surface area contributed by atoms with Crippen molar-refractivity contribution >= 4 is 28.4 Å². The molecular formula is C48H34N2. The Morgan fingerprint density at radius 1 is 0.420 bits per heavy atom. The van der Waals surface area contributed by atoms with E-state index < -0.39 is 0 Å². The fourth-order valence-corrected chi connectivity index (χ4v) is 8.30. The van der Waals surface area contributed by atoms with E-state index in [-0.39, 0.29) is 12.0 Å². The van der Waals surface area contributed by atoms with Crippen LogP contribution >= 0.6 is 0 Å². The molecule has 8 aromatic rings. The predicted molar refractivity (Wildman–Crippen MR) is 209 cm³/mol. The summed E-state index contributed by atoms with van der Waals surface area (Å²) in [5.74, 6) is 0.203. The summed E-state index contributed by atoms with van der Waals surface area (Å²) in [6.07, 6.45) is 4.80. The minimum atomic E-state index is 0.162. The highest BCUT2D eigenvalue weighted by Crippen LogP contribution is 2.54. The fourth-order valence-electron chi connectivity index (χ4n) is 8.30. The third-order valence-corrected chi connectivity index (χ3v) is 10.6. The Labute approximate surface area is 292 Å². The van der Waals surface area contributed by atoms with Gasteiger partial charge in [0.1, 0.15) is 0 Å². The third-order valence-electron chi connectivity index (χ3n) is 10.6. The first-order valence-corrected chi connectivity index (χ1v) is 17.4. The lowest BCUT2D eigenvalue weighted by Crippen LogP contribution is -2.30. The molecule has 2 nitrogen and oxygen atoms in total. The average molecular weight is 639 g/mol. The lowest BCUT2D eigenvalue weighted by Gasteiger charge is -2.31. The first-order chi connectivity index (χ1) is 24.8. The zero-order chi connectivity index (χ0) is 33.0. The van der Waals surface area contributed by atoms with Gasteiger partial charge in [0.2, 0.25) is 0 Å². The van der Waals surface area contributed by atoms with E-state index >= 15 is 0 Å². The average Bonchev–Trinajstić information content (AvgIpc) is 3.72. The minimum absolute atomic E-state index is 0.162. The van der Waals surface area contributed by atoms with E-state index in [1.54, 1.807) is 0 Å². The van der Waals surface area contributed by atoms with Crippen LogP contribution in [-0.2, 0) is 0 Å². The van der Waals surface area contributed by atoms with Gasteiger partial charge in [0.05, 0.1) is 17.3 Å². The number of aromatic nitrogens is 1. The highest BCUT2D eigenvalue weighted by molar-refractivity contribution is 5.94. The molecule has 7 aromatic carbocycles. The van der Waals surface area contributed by atoms with Crippen molar-refractivity contribution < 1.29 is 0 Å².